The van der Waals surface area contributed by atoms with Crippen molar-refractivity contribution in [1.29, 1.82) is 0 Å². The highest BCUT2D eigenvalue weighted by atomic mass is 35.5. The fourth-order valence-electron chi connectivity index (χ4n) is 1.44. The first kappa shape index (κ1) is 16.8. The minimum absolute atomic E-state index is 0.00499. The van der Waals surface area contributed by atoms with Crippen LogP contribution in [0.2, 0.25) is 5.02 Å². The highest BCUT2D eigenvalue weighted by molar-refractivity contribution is 7.89. The van der Waals surface area contributed by atoms with Crippen LogP contribution in [0.1, 0.15) is 27.7 Å². The molecule has 0 aromatic heterocycles. The average Bonchev–Trinajstić information content (AvgIpc) is 2.27. The second kappa shape index (κ2) is 6.01. The van der Waals surface area contributed by atoms with Crippen LogP contribution < -0.4 is 0 Å². The number of carbonyl (C=O) groups excluding carboxylic acids is 1. The highest BCUT2D eigenvalue weighted by Crippen LogP contribution is 2.20. The molecule has 5 nitrogen and oxygen atoms in total. The Balaban J connectivity index is 3.10. The number of carbonyl (C=O) groups is 1. The zero-order valence-corrected chi connectivity index (χ0v) is 13.5. The Bertz CT molecular complexity index is 575. The van der Waals surface area contributed by atoms with Crippen molar-refractivity contribution in [2.24, 2.45) is 0 Å². The molecule has 1 rings (SSSR count). The van der Waals surface area contributed by atoms with Crippen LogP contribution in [0.5, 0.6) is 0 Å². The van der Waals surface area contributed by atoms with Crippen LogP contribution in [-0.2, 0) is 14.8 Å². The van der Waals surface area contributed by atoms with Crippen molar-refractivity contribution in [3.05, 3.63) is 29.3 Å². The summed E-state index contributed by atoms with van der Waals surface area (Å²) in [5.41, 5.74) is -0.764. The predicted molar refractivity (Wildman–Crippen MR) is 77.3 cm³/mol. The standard InChI is InChI=1S/C13H18ClNO4S/c1-5-15(12(16)19-13(2,3)4)20(17,18)11-8-6-10(14)7-9-11/h6-9H,5H2,1-4H3. The van der Waals surface area contributed by atoms with Crippen molar-refractivity contribution in [1.82, 2.24) is 4.31 Å². The van der Waals surface area contributed by atoms with Crippen LogP contribution in [0.3, 0.4) is 0 Å². The van der Waals surface area contributed by atoms with Gasteiger partial charge in [0.1, 0.15) is 5.60 Å². The van der Waals surface area contributed by atoms with Gasteiger partial charge in [0.15, 0.2) is 0 Å². The third-order valence-electron chi connectivity index (χ3n) is 2.29. The van der Waals surface area contributed by atoms with E-state index in [2.05, 4.69) is 0 Å². The molecule has 1 aromatic carbocycles. The molecular weight excluding hydrogens is 302 g/mol. The van der Waals surface area contributed by atoms with E-state index < -0.39 is 21.7 Å². The Morgan fingerprint density at radius 1 is 1.25 bits per heavy atom. The first-order valence-corrected chi connectivity index (χ1v) is 7.91. The van der Waals surface area contributed by atoms with Gasteiger partial charge in [0.05, 0.1) is 4.90 Å². The summed E-state index contributed by atoms with van der Waals surface area (Å²) in [4.78, 5) is 12.0. The molecule has 0 bridgehead atoms. The van der Waals surface area contributed by atoms with Crippen molar-refractivity contribution in [3.8, 4) is 0 Å². The monoisotopic (exact) mass is 319 g/mol. The molecule has 1 aromatic rings. The quantitative estimate of drug-likeness (QED) is 0.857. The van der Waals surface area contributed by atoms with E-state index in [1.807, 2.05) is 0 Å². The minimum atomic E-state index is -3.94. The molecule has 0 N–H and O–H groups in total. The summed E-state index contributed by atoms with van der Waals surface area (Å²) in [5.74, 6) is 0. The third-order valence-corrected chi connectivity index (χ3v) is 4.39. The Morgan fingerprint density at radius 2 is 1.75 bits per heavy atom. The molecule has 0 saturated heterocycles. The van der Waals surface area contributed by atoms with E-state index >= 15 is 0 Å². The number of hydrogen-bond acceptors (Lipinski definition) is 4. The van der Waals surface area contributed by atoms with Gasteiger partial charge in [-0.3, -0.25) is 0 Å². The van der Waals surface area contributed by atoms with Gasteiger partial charge >= 0.3 is 6.09 Å². The molecule has 0 spiro atoms. The topological polar surface area (TPSA) is 63.7 Å². The first-order valence-electron chi connectivity index (χ1n) is 6.09. The second-order valence-corrected chi connectivity index (χ2v) is 7.40. The van der Waals surface area contributed by atoms with Crippen LogP contribution in [0.15, 0.2) is 29.2 Å². The molecule has 0 saturated carbocycles. The Kier molecular flexibility index (Phi) is 5.05. The molecule has 0 aliphatic heterocycles. The van der Waals surface area contributed by atoms with Crippen molar-refractivity contribution >= 4 is 27.7 Å². The maximum Gasteiger partial charge on any atom is 0.424 e. The number of hydrogen-bond donors (Lipinski definition) is 0. The molecule has 0 aliphatic carbocycles. The van der Waals surface area contributed by atoms with Crippen LogP contribution in [0.25, 0.3) is 0 Å². The van der Waals surface area contributed by atoms with Gasteiger partial charge in [0.25, 0.3) is 10.0 Å². The summed E-state index contributed by atoms with van der Waals surface area (Å²) in [6.07, 6.45) is -0.894. The molecule has 0 atom stereocenters. The number of benzene rings is 1. The number of ether oxygens (including phenoxy) is 1. The van der Waals surface area contributed by atoms with Crippen molar-refractivity contribution in [2.75, 3.05) is 6.54 Å². The predicted octanol–water partition coefficient (Wildman–Crippen LogP) is 3.29. The summed E-state index contributed by atoms with van der Waals surface area (Å²) >= 11 is 5.72. The van der Waals surface area contributed by atoms with Crippen LogP contribution >= 0.6 is 11.6 Å². The molecule has 0 unspecified atom stereocenters. The molecule has 0 radical (unpaired) electrons. The molecular formula is C13H18ClNO4S. The van der Waals surface area contributed by atoms with Crippen LogP contribution in [0, 0.1) is 0 Å². The normalized spacial score (nSPS) is 12.1. The summed E-state index contributed by atoms with van der Waals surface area (Å²) in [7, 11) is -3.94. The smallest absolute Gasteiger partial charge is 0.424 e. The lowest BCUT2D eigenvalue weighted by atomic mass is 10.2. The van der Waals surface area contributed by atoms with Crippen LogP contribution in [0.4, 0.5) is 4.79 Å². The first-order chi connectivity index (χ1) is 9.08. The minimum Gasteiger partial charge on any atom is -0.443 e. The Hall–Kier alpha value is -1.27. The van der Waals surface area contributed by atoms with E-state index in [1.165, 1.54) is 24.3 Å². The Morgan fingerprint density at radius 3 is 2.15 bits per heavy atom. The summed E-state index contributed by atoms with van der Waals surface area (Å²) in [6, 6.07) is 5.62. The molecule has 112 valence electrons. The molecule has 7 heteroatoms. The number of rotatable bonds is 3. The lowest BCUT2D eigenvalue weighted by Gasteiger charge is -2.26. The number of nitrogens with zero attached hydrogens (tertiary/aromatic N) is 1. The van der Waals surface area contributed by atoms with Crippen molar-refractivity contribution in [2.45, 2.75) is 38.2 Å². The van der Waals surface area contributed by atoms with Gasteiger partial charge in [0, 0.05) is 11.6 Å². The summed E-state index contributed by atoms with van der Waals surface area (Å²) in [5, 5.41) is 0.421. The SMILES string of the molecule is CCN(C(=O)OC(C)(C)C)S(=O)(=O)c1ccc(Cl)cc1. The number of sulfonamides is 1. The number of halogens is 1. The van der Waals surface area contributed by atoms with Gasteiger partial charge in [-0.05, 0) is 52.0 Å². The van der Waals surface area contributed by atoms with Crippen molar-refractivity contribution < 1.29 is 17.9 Å². The van der Waals surface area contributed by atoms with Gasteiger partial charge in [-0.1, -0.05) is 11.6 Å². The van der Waals surface area contributed by atoms with E-state index in [-0.39, 0.29) is 11.4 Å². The average molecular weight is 320 g/mol. The van der Waals surface area contributed by atoms with Crippen molar-refractivity contribution in [3.63, 3.8) is 0 Å². The molecule has 0 heterocycles. The molecule has 0 fully saturated rings. The van der Waals surface area contributed by atoms with Gasteiger partial charge in [-0.15, -0.1) is 0 Å². The second-order valence-electron chi connectivity index (χ2n) is 5.10. The lowest BCUT2D eigenvalue weighted by Crippen LogP contribution is -2.40. The fraction of sp³-hybridized carbons (Fsp3) is 0.462. The largest absolute Gasteiger partial charge is 0.443 e. The third kappa shape index (κ3) is 4.11. The summed E-state index contributed by atoms with van der Waals surface area (Å²) in [6.45, 7) is 6.58. The fourth-order valence-corrected chi connectivity index (χ4v) is 2.88. The van der Waals surface area contributed by atoms with E-state index in [1.54, 1.807) is 27.7 Å². The highest BCUT2D eigenvalue weighted by Gasteiger charge is 2.31. The van der Waals surface area contributed by atoms with E-state index in [0.717, 1.165) is 0 Å². The van der Waals surface area contributed by atoms with Gasteiger partial charge in [-0.2, -0.15) is 0 Å². The molecule has 20 heavy (non-hydrogen) atoms. The van der Waals surface area contributed by atoms with Gasteiger partial charge < -0.3 is 4.74 Å². The maximum atomic E-state index is 12.4. The van der Waals surface area contributed by atoms with E-state index in [4.69, 9.17) is 16.3 Å². The summed E-state index contributed by atoms with van der Waals surface area (Å²) < 4.78 is 30.6. The maximum absolute atomic E-state index is 12.4. The van der Waals surface area contributed by atoms with Gasteiger partial charge in [0.2, 0.25) is 0 Å². The zero-order chi connectivity index (χ0) is 15.6. The molecule has 0 aliphatic rings. The number of amides is 1. The Labute approximate surface area is 124 Å². The van der Waals surface area contributed by atoms with E-state index in [0.29, 0.717) is 9.33 Å². The van der Waals surface area contributed by atoms with E-state index in [9.17, 15) is 13.2 Å². The van der Waals surface area contributed by atoms with Gasteiger partial charge in [-0.25, -0.2) is 17.5 Å². The molecule has 1 amide bonds. The van der Waals surface area contributed by atoms with Crippen LogP contribution in [-0.4, -0.2) is 31.0 Å². The lowest BCUT2D eigenvalue weighted by molar-refractivity contribution is 0.0397. The zero-order valence-electron chi connectivity index (χ0n) is 11.9.